The van der Waals surface area contributed by atoms with Gasteiger partial charge in [-0.05, 0) is 30.4 Å². The van der Waals surface area contributed by atoms with Crippen molar-refractivity contribution in [1.29, 1.82) is 0 Å². The maximum atomic E-state index is 5.36. The van der Waals surface area contributed by atoms with Crippen LogP contribution in [0.5, 0.6) is 5.75 Å². The minimum atomic E-state index is 0.738. The van der Waals surface area contributed by atoms with Gasteiger partial charge < -0.3 is 10.1 Å². The number of rotatable bonds is 6. The lowest BCUT2D eigenvalue weighted by Gasteiger charge is -2.07. The Morgan fingerprint density at radius 3 is 2.95 bits per heavy atom. The average Bonchev–Trinajstić information content (AvgIpc) is 3.11. The van der Waals surface area contributed by atoms with E-state index in [9.17, 15) is 0 Å². The van der Waals surface area contributed by atoms with Crippen LogP contribution in [0.4, 0.5) is 5.69 Å². The highest BCUT2D eigenvalue weighted by atomic mass is 32.1. The summed E-state index contributed by atoms with van der Waals surface area (Å²) >= 11 is 3.52. The highest BCUT2D eigenvalue weighted by molar-refractivity contribution is 7.19. The Morgan fingerprint density at radius 1 is 1.32 bits per heavy atom. The molecule has 0 saturated carbocycles. The van der Waals surface area contributed by atoms with Gasteiger partial charge in [0.1, 0.15) is 11.3 Å². The summed E-state index contributed by atoms with van der Waals surface area (Å²) in [5, 5.41) is 14.0. The van der Waals surface area contributed by atoms with Crippen molar-refractivity contribution in [1.82, 2.24) is 10.2 Å². The molecule has 0 fully saturated rings. The van der Waals surface area contributed by atoms with Crippen molar-refractivity contribution in [3.8, 4) is 5.75 Å². The van der Waals surface area contributed by atoms with Crippen molar-refractivity contribution >= 4 is 38.6 Å². The van der Waals surface area contributed by atoms with E-state index in [1.807, 2.05) is 29.0 Å². The Labute approximate surface area is 138 Å². The summed E-state index contributed by atoms with van der Waals surface area (Å²) in [6.45, 7) is 5.09. The van der Waals surface area contributed by atoms with Crippen LogP contribution in [0.3, 0.4) is 0 Å². The van der Waals surface area contributed by atoms with Crippen molar-refractivity contribution in [2.24, 2.45) is 0 Å². The molecule has 4 nitrogen and oxygen atoms in total. The number of anilines is 1. The summed E-state index contributed by atoms with van der Waals surface area (Å²) in [5.74, 6) is 0.935. The molecular weight excluding hydrogens is 314 g/mol. The molecule has 0 aromatic carbocycles. The molecule has 1 N–H and O–H groups in total. The maximum Gasteiger partial charge on any atom is 0.134 e. The van der Waals surface area contributed by atoms with Crippen LogP contribution in [0.2, 0.25) is 0 Å². The van der Waals surface area contributed by atoms with Gasteiger partial charge in [-0.3, -0.25) is 0 Å². The topological polar surface area (TPSA) is 47.0 Å². The molecule has 22 heavy (non-hydrogen) atoms. The van der Waals surface area contributed by atoms with Gasteiger partial charge in [-0.2, -0.15) is 5.10 Å². The smallest absolute Gasteiger partial charge is 0.134 e. The van der Waals surface area contributed by atoms with E-state index in [2.05, 4.69) is 29.4 Å². The first-order valence-electron chi connectivity index (χ1n) is 7.32. The number of methoxy groups -OCH3 is 1. The third kappa shape index (κ3) is 2.80. The Balaban J connectivity index is 1.89. The number of aryl methyl sites for hydroxylation is 2. The second-order valence-corrected chi connectivity index (χ2v) is 7.21. The van der Waals surface area contributed by atoms with Gasteiger partial charge in [0.05, 0.1) is 35.1 Å². The van der Waals surface area contributed by atoms with Crippen molar-refractivity contribution in [3.05, 3.63) is 33.0 Å². The molecule has 0 bridgehead atoms. The number of nitrogens with one attached hydrogen (secondary N) is 1. The molecule has 0 amide bonds. The first-order valence-corrected chi connectivity index (χ1v) is 9.02. The van der Waals surface area contributed by atoms with E-state index in [-0.39, 0.29) is 0 Å². The van der Waals surface area contributed by atoms with Crippen LogP contribution in [0.25, 0.3) is 10.2 Å². The fraction of sp³-hybridized carbons (Fsp3) is 0.375. The quantitative estimate of drug-likeness (QED) is 0.714. The van der Waals surface area contributed by atoms with Crippen molar-refractivity contribution in [3.63, 3.8) is 0 Å². The molecule has 3 aromatic rings. The van der Waals surface area contributed by atoms with Crippen LogP contribution >= 0.6 is 22.7 Å². The van der Waals surface area contributed by atoms with E-state index in [0.717, 1.165) is 36.3 Å². The molecule has 0 saturated heterocycles. The summed E-state index contributed by atoms with van der Waals surface area (Å²) in [6.07, 6.45) is 4.06. The first-order chi connectivity index (χ1) is 10.7. The fourth-order valence-electron chi connectivity index (χ4n) is 2.46. The molecule has 0 spiro atoms. The van der Waals surface area contributed by atoms with Gasteiger partial charge in [0.2, 0.25) is 0 Å². The SMILES string of the molecule is CCCc1sc2c(NCc3sccc3OC)cnnc2c1C. The van der Waals surface area contributed by atoms with Crippen LogP contribution in [-0.4, -0.2) is 17.3 Å². The molecule has 6 heteroatoms. The number of hydrogen-bond acceptors (Lipinski definition) is 6. The summed E-state index contributed by atoms with van der Waals surface area (Å²) in [7, 11) is 1.71. The van der Waals surface area contributed by atoms with Crippen molar-refractivity contribution in [2.75, 3.05) is 12.4 Å². The second kappa shape index (κ2) is 6.62. The second-order valence-electron chi connectivity index (χ2n) is 5.10. The summed E-state index contributed by atoms with van der Waals surface area (Å²) in [4.78, 5) is 2.60. The monoisotopic (exact) mass is 333 g/mol. The summed E-state index contributed by atoms with van der Waals surface area (Å²) in [6, 6.07) is 2.00. The molecule has 0 aliphatic carbocycles. The molecule has 116 valence electrons. The van der Waals surface area contributed by atoms with E-state index in [0.29, 0.717) is 0 Å². The molecule has 0 radical (unpaired) electrons. The average molecular weight is 333 g/mol. The number of thiophene rings is 2. The number of nitrogens with zero attached hydrogens (tertiary/aromatic N) is 2. The van der Waals surface area contributed by atoms with Gasteiger partial charge in [-0.1, -0.05) is 13.3 Å². The predicted molar refractivity (Wildman–Crippen MR) is 94.3 cm³/mol. The number of ether oxygens (including phenoxy) is 1. The Morgan fingerprint density at radius 2 is 2.18 bits per heavy atom. The molecular formula is C16H19N3OS2. The summed E-state index contributed by atoms with van der Waals surface area (Å²) < 4.78 is 6.56. The molecule has 3 rings (SSSR count). The van der Waals surface area contributed by atoms with Crippen molar-refractivity contribution < 1.29 is 4.74 Å². The zero-order valence-electron chi connectivity index (χ0n) is 13.0. The minimum absolute atomic E-state index is 0.738. The van der Waals surface area contributed by atoms with Crippen LogP contribution in [-0.2, 0) is 13.0 Å². The highest BCUT2D eigenvalue weighted by Gasteiger charge is 2.13. The van der Waals surface area contributed by atoms with Gasteiger partial charge in [0.15, 0.2) is 0 Å². The zero-order chi connectivity index (χ0) is 15.5. The standard InChI is InChI=1S/C16H19N3OS2/c1-4-5-13-10(2)15-16(22-13)11(8-18-19-15)17-9-14-12(20-3)6-7-21-14/h6-8H,4-5,9H2,1-3H3,(H,17,19). The lowest BCUT2D eigenvalue weighted by Crippen LogP contribution is -2.00. The molecule has 0 aliphatic heterocycles. The lowest BCUT2D eigenvalue weighted by molar-refractivity contribution is 0.413. The fourth-order valence-corrected chi connectivity index (χ4v) is 4.57. The van der Waals surface area contributed by atoms with Crippen LogP contribution in [0.15, 0.2) is 17.6 Å². The van der Waals surface area contributed by atoms with Gasteiger partial charge >= 0.3 is 0 Å². The maximum absolute atomic E-state index is 5.36. The van der Waals surface area contributed by atoms with E-state index in [4.69, 9.17) is 4.74 Å². The highest BCUT2D eigenvalue weighted by Crippen LogP contribution is 2.35. The normalized spacial score (nSPS) is 11.0. The molecule has 3 aromatic heterocycles. The molecule has 3 heterocycles. The first kappa shape index (κ1) is 15.2. The Bertz CT molecular complexity index is 779. The van der Waals surface area contributed by atoms with E-state index in [1.165, 1.54) is 20.0 Å². The Kier molecular flexibility index (Phi) is 4.59. The molecule has 0 aliphatic rings. The zero-order valence-corrected chi connectivity index (χ0v) is 14.6. The van der Waals surface area contributed by atoms with Crippen LogP contribution in [0.1, 0.15) is 28.7 Å². The number of fused-ring (bicyclic) bond motifs is 1. The van der Waals surface area contributed by atoms with E-state index < -0.39 is 0 Å². The van der Waals surface area contributed by atoms with E-state index >= 15 is 0 Å². The summed E-state index contributed by atoms with van der Waals surface area (Å²) in [5.41, 5.74) is 3.35. The van der Waals surface area contributed by atoms with Crippen LogP contribution in [0, 0.1) is 6.92 Å². The van der Waals surface area contributed by atoms with Gasteiger partial charge in [-0.25, -0.2) is 0 Å². The minimum Gasteiger partial charge on any atom is -0.496 e. The third-order valence-corrected chi connectivity index (χ3v) is 5.92. The number of aromatic nitrogens is 2. The van der Waals surface area contributed by atoms with Gasteiger partial charge in [0.25, 0.3) is 0 Å². The Hall–Kier alpha value is -1.66. The largest absolute Gasteiger partial charge is 0.496 e. The van der Waals surface area contributed by atoms with Gasteiger partial charge in [-0.15, -0.1) is 27.8 Å². The molecule has 0 atom stereocenters. The van der Waals surface area contributed by atoms with Crippen LogP contribution < -0.4 is 10.1 Å². The third-order valence-electron chi connectivity index (χ3n) is 3.64. The predicted octanol–water partition coefficient (Wildman–Crippen LogP) is 4.63. The molecule has 0 unspecified atom stereocenters. The number of hydrogen-bond donors (Lipinski definition) is 1. The van der Waals surface area contributed by atoms with Crippen molar-refractivity contribution in [2.45, 2.75) is 33.2 Å². The lowest BCUT2D eigenvalue weighted by atomic mass is 10.2. The van der Waals surface area contributed by atoms with Gasteiger partial charge in [0, 0.05) is 4.88 Å². The van der Waals surface area contributed by atoms with E-state index in [1.54, 1.807) is 18.4 Å².